The number of nitrogens with one attached hydrogen (secondary N) is 1. The van der Waals surface area contributed by atoms with Crippen molar-refractivity contribution in [2.24, 2.45) is 11.8 Å². The Morgan fingerprint density at radius 2 is 1.89 bits per heavy atom. The van der Waals surface area contributed by atoms with Crippen LogP contribution in [0, 0.1) is 11.8 Å². The molecule has 3 atom stereocenters. The van der Waals surface area contributed by atoms with Crippen molar-refractivity contribution in [1.82, 2.24) is 5.32 Å². The van der Waals surface area contributed by atoms with E-state index in [-0.39, 0.29) is 0 Å². The maximum atomic E-state index is 6.22. The van der Waals surface area contributed by atoms with Gasteiger partial charge in [0.15, 0.2) is 0 Å². The van der Waals surface area contributed by atoms with Crippen LogP contribution in [0.4, 0.5) is 0 Å². The van der Waals surface area contributed by atoms with E-state index in [0.717, 1.165) is 25.0 Å². The van der Waals surface area contributed by atoms with Crippen LogP contribution in [0.3, 0.4) is 0 Å². The Hall–Kier alpha value is -0.0800. The highest BCUT2D eigenvalue weighted by Crippen LogP contribution is 2.29. The SMILES string of the molecule is CCNC(COC1CCCC(C)C1)C1CCCC1. The second-order valence-electron chi connectivity index (χ2n) is 6.44. The van der Waals surface area contributed by atoms with Gasteiger partial charge in [-0.25, -0.2) is 0 Å². The number of likely N-dealkylation sites (N-methyl/N-ethyl adjacent to an activating group) is 1. The Morgan fingerprint density at radius 1 is 1.11 bits per heavy atom. The van der Waals surface area contributed by atoms with Crippen molar-refractivity contribution in [1.29, 1.82) is 0 Å². The molecule has 1 N–H and O–H groups in total. The van der Waals surface area contributed by atoms with Gasteiger partial charge in [-0.1, -0.05) is 39.5 Å². The van der Waals surface area contributed by atoms with Crippen molar-refractivity contribution in [2.45, 2.75) is 77.4 Å². The zero-order valence-electron chi connectivity index (χ0n) is 12.3. The van der Waals surface area contributed by atoms with Crippen LogP contribution in [0.5, 0.6) is 0 Å². The predicted octanol–water partition coefficient (Wildman–Crippen LogP) is 3.75. The molecule has 18 heavy (non-hydrogen) atoms. The third-order valence-corrected chi connectivity index (χ3v) is 4.83. The summed E-state index contributed by atoms with van der Waals surface area (Å²) in [4.78, 5) is 0. The van der Waals surface area contributed by atoms with Crippen molar-refractivity contribution in [3.63, 3.8) is 0 Å². The van der Waals surface area contributed by atoms with Crippen LogP contribution < -0.4 is 5.32 Å². The van der Waals surface area contributed by atoms with Crippen molar-refractivity contribution in [3.8, 4) is 0 Å². The molecule has 0 bridgehead atoms. The van der Waals surface area contributed by atoms with Crippen LogP contribution in [-0.2, 0) is 4.74 Å². The highest BCUT2D eigenvalue weighted by atomic mass is 16.5. The van der Waals surface area contributed by atoms with E-state index in [1.165, 1.54) is 51.4 Å². The molecule has 2 rings (SSSR count). The van der Waals surface area contributed by atoms with Gasteiger partial charge >= 0.3 is 0 Å². The van der Waals surface area contributed by atoms with Crippen molar-refractivity contribution < 1.29 is 4.74 Å². The average molecular weight is 253 g/mol. The fraction of sp³-hybridized carbons (Fsp3) is 1.00. The summed E-state index contributed by atoms with van der Waals surface area (Å²) in [6, 6.07) is 0.606. The molecule has 0 spiro atoms. The van der Waals surface area contributed by atoms with Gasteiger partial charge in [0.05, 0.1) is 12.7 Å². The third kappa shape index (κ3) is 4.24. The zero-order valence-corrected chi connectivity index (χ0v) is 12.3. The summed E-state index contributed by atoms with van der Waals surface area (Å²) >= 11 is 0. The molecule has 2 heteroatoms. The Bertz CT molecular complexity index is 225. The topological polar surface area (TPSA) is 21.3 Å². The quantitative estimate of drug-likeness (QED) is 0.778. The van der Waals surface area contributed by atoms with Crippen molar-refractivity contribution in [2.75, 3.05) is 13.2 Å². The fourth-order valence-electron chi connectivity index (χ4n) is 3.75. The maximum absolute atomic E-state index is 6.22. The summed E-state index contributed by atoms with van der Waals surface area (Å²) in [6.45, 7) is 6.60. The van der Waals surface area contributed by atoms with Gasteiger partial charge in [-0.05, 0) is 44.1 Å². The monoisotopic (exact) mass is 253 g/mol. The summed E-state index contributed by atoms with van der Waals surface area (Å²) in [7, 11) is 0. The minimum atomic E-state index is 0.538. The van der Waals surface area contributed by atoms with Crippen LogP contribution in [0.1, 0.15) is 65.2 Å². The Morgan fingerprint density at radius 3 is 2.56 bits per heavy atom. The molecular formula is C16H31NO. The van der Waals surface area contributed by atoms with Crippen LogP contribution in [0.2, 0.25) is 0 Å². The van der Waals surface area contributed by atoms with Crippen molar-refractivity contribution in [3.05, 3.63) is 0 Å². The van der Waals surface area contributed by atoms with E-state index < -0.39 is 0 Å². The van der Waals surface area contributed by atoms with E-state index in [2.05, 4.69) is 19.2 Å². The molecule has 0 aliphatic heterocycles. The fourth-order valence-corrected chi connectivity index (χ4v) is 3.75. The van der Waals surface area contributed by atoms with Crippen LogP contribution in [0.25, 0.3) is 0 Å². The second kappa shape index (κ2) is 7.49. The highest BCUT2D eigenvalue weighted by Gasteiger charge is 2.26. The largest absolute Gasteiger partial charge is 0.377 e. The van der Waals surface area contributed by atoms with Crippen LogP contribution in [-0.4, -0.2) is 25.3 Å². The summed E-state index contributed by atoms with van der Waals surface area (Å²) < 4.78 is 6.22. The van der Waals surface area contributed by atoms with Gasteiger partial charge < -0.3 is 10.1 Å². The van der Waals surface area contributed by atoms with Gasteiger partial charge in [0.1, 0.15) is 0 Å². The minimum absolute atomic E-state index is 0.538. The van der Waals surface area contributed by atoms with Crippen molar-refractivity contribution >= 4 is 0 Å². The molecule has 0 heterocycles. The Balaban J connectivity index is 1.74. The standard InChI is InChI=1S/C16H31NO/c1-3-17-16(14-8-4-5-9-14)12-18-15-10-6-7-13(2)11-15/h13-17H,3-12H2,1-2H3. The Kier molecular flexibility index (Phi) is 5.97. The van der Waals surface area contributed by atoms with Crippen LogP contribution in [0.15, 0.2) is 0 Å². The number of hydrogen-bond donors (Lipinski definition) is 1. The number of rotatable bonds is 6. The number of ether oxygens (including phenoxy) is 1. The van der Waals surface area contributed by atoms with E-state index in [9.17, 15) is 0 Å². The van der Waals surface area contributed by atoms with Gasteiger partial charge in [0, 0.05) is 6.04 Å². The lowest BCUT2D eigenvalue weighted by molar-refractivity contribution is -0.00309. The summed E-state index contributed by atoms with van der Waals surface area (Å²) in [5, 5.41) is 3.65. The van der Waals surface area contributed by atoms with E-state index in [4.69, 9.17) is 4.74 Å². The van der Waals surface area contributed by atoms with E-state index in [1.807, 2.05) is 0 Å². The number of hydrogen-bond acceptors (Lipinski definition) is 2. The maximum Gasteiger partial charge on any atom is 0.0626 e. The molecule has 2 nitrogen and oxygen atoms in total. The molecule has 0 amide bonds. The van der Waals surface area contributed by atoms with Gasteiger partial charge in [-0.15, -0.1) is 0 Å². The van der Waals surface area contributed by atoms with Gasteiger partial charge in [-0.2, -0.15) is 0 Å². The minimum Gasteiger partial charge on any atom is -0.377 e. The first kappa shape index (κ1) is 14.3. The van der Waals surface area contributed by atoms with E-state index in [0.29, 0.717) is 12.1 Å². The predicted molar refractivity (Wildman–Crippen MR) is 76.8 cm³/mol. The molecular weight excluding hydrogens is 222 g/mol. The molecule has 2 saturated carbocycles. The van der Waals surface area contributed by atoms with Crippen LogP contribution >= 0.6 is 0 Å². The molecule has 0 radical (unpaired) electrons. The molecule has 0 aromatic carbocycles. The van der Waals surface area contributed by atoms with Gasteiger partial charge in [0.2, 0.25) is 0 Å². The molecule has 2 aliphatic carbocycles. The summed E-state index contributed by atoms with van der Waals surface area (Å²) in [6.07, 6.45) is 11.5. The smallest absolute Gasteiger partial charge is 0.0626 e. The lowest BCUT2D eigenvalue weighted by Gasteiger charge is -2.30. The first-order valence-corrected chi connectivity index (χ1v) is 8.14. The molecule has 106 valence electrons. The molecule has 3 unspecified atom stereocenters. The molecule has 0 aromatic heterocycles. The molecule has 0 saturated heterocycles. The lowest BCUT2D eigenvalue weighted by atomic mass is 9.88. The first-order valence-electron chi connectivity index (χ1n) is 8.14. The lowest BCUT2D eigenvalue weighted by Crippen LogP contribution is -2.40. The summed E-state index contributed by atoms with van der Waals surface area (Å²) in [5.74, 6) is 1.73. The van der Waals surface area contributed by atoms with E-state index in [1.54, 1.807) is 0 Å². The summed E-state index contributed by atoms with van der Waals surface area (Å²) in [5.41, 5.74) is 0. The third-order valence-electron chi connectivity index (χ3n) is 4.83. The Labute approximate surface area is 113 Å². The second-order valence-corrected chi connectivity index (χ2v) is 6.44. The highest BCUT2D eigenvalue weighted by molar-refractivity contribution is 4.81. The molecule has 0 aromatic rings. The average Bonchev–Trinajstić information content (AvgIpc) is 2.88. The van der Waals surface area contributed by atoms with Gasteiger partial charge in [-0.3, -0.25) is 0 Å². The van der Waals surface area contributed by atoms with E-state index >= 15 is 0 Å². The molecule has 2 aliphatic rings. The zero-order chi connectivity index (χ0) is 12.8. The molecule has 2 fully saturated rings. The normalized spacial score (nSPS) is 31.7. The first-order chi connectivity index (χ1) is 8.79. The van der Waals surface area contributed by atoms with Gasteiger partial charge in [0.25, 0.3) is 0 Å².